The largest absolute Gasteiger partial charge is 0.489 e. The zero-order chi connectivity index (χ0) is 22.4. The van der Waals surface area contributed by atoms with Crippen LogP contribution in [0.5, 0.6) is 5.75 Å². The van der Waals surface area contributed by atoms with Gasteiger partial charge in [0.15, 0.2) is 0 Å². The fraction of sp³-hybridized carbons (Fsp3) is 0.0833. The van der Waals surface area contributed by atoms with E-state index in [-0.39, 0.29) is 23.3 Å². The lowest BCUT2D eigenvalue weighted by atomic mass is 10.0. The number of aromatic carboxylic acids is 1. The van der Waals surface area contributed by atoms with Gasteiger partial charge in [-0.3, -0.25) is 0 Å². The summed E-state index contributed by atoms with van der Waals surface area (Å²) in [4.78, 5) is 11.0. The van der Waals surface area contributed by atoms with Gasteiger partial charge >= 0.3 is 12.1 Å². The lowest BCUT2D eigenvalue weighted by Crippen LogP contribution is -2.04. The molecule has 0 saturated heterocycles. The van der Waals surface area contributed by atoms with Crippen molar-refractivity contribution in [3.8, 4) is 11.8 Å². The Bertz CT molecular complexity index is 1160. The summed E-state index contributed by atoms with van der Waals surface area (Å²) in [7, 11) is 0. The predicted molar refractivity (Wildman–Crippen MR) is 109 cm³/mol. The van der Waals surface area contributed by atoms with Crippen molar-refractivity contribution in [1.29, 1.82) is 5.26 Å². The number of rotatable bonds is 6. The molecule has 0 aliphatic heterocycles. The summed E-state index contributed by atoms with van der Waals surface area (Å²) >= 11 is 0. The molecule has 0 fully saturated rings. The molecule has 1 N–H and O–H groups in total. The lowest BCUT2D eigenvalue weighted by Gasteiger charge is -2.09. The molecule has 0 bridgehead atoms. The average Bonchev–Trinajstić information content (AvgIpc) is 2.76. The highest BCUT2D eigenvalue weighted by molar-refractivity contribution is 5.89. The van der Waals surface area contributed by atoms with Gasteiger partial charge in [0.05, 0.1) is 22.8 Å². The molecule has 0 spiro atoms. The highest BCUT2D eigenvalue weighted by Crippen LogP contribution is 2.31. The van der Waals surface area contributed by atoms with Gasteiger partial charge in [-0.1, -0.05) is 36.4 Å². The minimum Gasteiger partial charge on any atom is -0.489 e. The second-order valence-corrected chi connectivity index (χ2v) is 6.61. The van der Waals surface area contributed by atoms with Crippen molar-refractivity contribution in [3.05, 3.63) is 101 Å². The Kier molecular flexibility index (Phi) is 6.41. The average molecular weight is 423 g/mol. The first-order chi connectivity index (χ1) is 14.8. The van der Waals surface area contributed by atoms with E-state index in [0.717, 1.165) is 12.1 Å². The van der Waals surface area contributed by atoms with E-state index in [0.29, 0.717) is 16.9 Å². The summed E-state index contributed by atoms with van der Waals surface area (Å²) in [5.74, 6) is -0.498. The molecule has 0 aromatic heterocycles. The van der Waals surface area contributed by atoms with Gasteiger partial charge in [0.1, 0.15) is 12.4 Å². The second kappa shape index (κ2) is 9.18. The van der Waals surface area contributed by atoms with Crippen LogP contribution in [0.15, 0.2) is 72.8 Å². The highest BCUT2D eigenvalue weighted by Gasteiger charge is 2.30. The Hall–Kier alpha value is -4.05. The maximum absolute atomic E-state index is 12.9. The number of hydrogen-bond acceptors (Lipinski definition) is 3. The molecule has 0 heterocycles. The summed E-state index contributed by atoms with van der Waals surface area (Å²) in [6.45, 7) is 0.171. The highest BCUT2D eigenvalue weighted by atomic mass is 19.4. The van der Waals surface area contributed by atoms with Gasteiger partial charge in [-0.15, -0.1) is 0 Å². The molecule has 0 saturated carbocycles. The van der Waals surface area contributed by atoms with E-state index in [1.807, 2.05) is 6.07 Å². The standard InChI is InChI=1S/C24H16F3NO3/c25-24(26,27)21-6-2-4-18(13-21)20(14-28)11-16-7-9-22(10-8-16)31-15-17-3-1-5-19(12-17)23(29)30/h1-13H,15H2,(H,29,30)/b20-11-. The molecule has 0 unspecified atom stereocenters. The van der Waals surface area contributed by atoms with Crippen LogP contribution in [0, 0.1) is 11.3 Å². The first-order valence-electron chi connectivity index (χ1n) is 9.11. The van der Waals surface area contributed by atoms with E-state index in [1.54, 1.807) is 36.4 Å². The smallest absolute Gasteiger partial charge is 0.416 e. The van der Waals surface area contributed by atoms with Gasteiger partial charge in [0.25, 0.3) is 0 Å². The van der Waals surface area contributed by atoms with Gasteiger partial charge in [-0.2, -0.15) is 18.4 Å². The van der Waals surface area contributed by atoms with Gasteiger partial charge < -0.3 is 9.84 Å². The quantitative estimate of drug-likeness (QED) is 0.387. The van der Waals surface area contributed by atoms with Crippen LogP contribution in [0.4, 0.5) is 13.2 Å². The third kappa shape index (κ3) is 5.73. The van der Waals surface area contributed by atoms with Crippen molar-refractivity contribution >= 4 is 17.6 Å². The maximum atomic E-state index is 12.9. The van der Waals surface area contributed by atoms with Crippen LogP contribution in [-0.2, 0) is 12.8 Å². The number of benzene rings is 3. The molecule has 3 aromatic carbocycles. The molecule has 0 aliphatic rings. The normalized spacial score (nSPS) is 11.6. The predicted octanol–water partition coefficient (Wildman–Crippen LogP) is 6.05. The fourth-order valence-corrected chi connectivity index (χ4v) is 2.83. The van der Waals surface area contributed by atoms with Crippen LogP contribution in [0.25, 0.3) is 11.6 Å². The van der Waals surface area contributed by atoms with Crippen LogP contribution >= 0.6 is 0 Å². The minimum atomic E-state index is -4.49. The first kappa shape index (κ1) is 21.7. The fourth-order valence-electron chi connectivity index (χ4n) is 2.83. The number of ether oxygens (including phenoxy) is 1. The zero-order valence-electron chi connectivity index (χ0n) is 16.1. The number of halogens is 3. The van der Waals surface area contributed by atoms with Crippen molar-refractivity contribution < 1.29 is 27.8 Å². The van der Waals surface area contributed by atoms with Crippen LogP contribution in [-0.4, -0.2) is 11.1 Å². The summed E-state index contributed by atoms with van der Waals surface area (Å²) in [5.41, 5.74) is 0.942. The molecule has 0 amide bonds. The van der Waals surface area contributed by atoms with Crippen molar-refractivity contribution in [2.45, 2.75) is 12.8 Å². The summed E-state index contributed by atoms with van der Waals surface area (Å²) in [5, 5.41) is 18.4. The van der Waals surface area contributed by atoms with Gasteiger partial charge in [-0.25, -0.2) is 4.79 Å². The van der Waals surface area contributed by atoms with Gasteiger partial charge in [-0.05, 0) is 59.2 Å². The monoisotopic (exact) mass is 423 g/mol. The lowest BCUT2D eigenvalue weighted by molar-refractivity contribution is -0.137. The molecule has 3 rings (SSSR count). The Morgan fingerprint density at radius 3 is 2.32 bits per heavy atom. The third-order valence-corrected chi connectivity index (χ3v) is 4.39. The zero-order valence-corrected chi connectivity index (χ0v) is 16.1. The number of allylic oxidation sites excluding steroid dienone is 1. The van der Waals surface area contributed by atoms with E-state index in [9.17, 15) is 23.2 Å². The number of hydrogen-bond donors (Lipinski definition) is 1. The third-order valence-electron chi connectivity index (χ3n) is 4.39. The molecule has 31 heavy (non-hydrogen) atoms. The molecule has 3 aromatic rings. The van der Waals surface area contributed by atoms with Gasteiger partial charge in [0, 0.05) is 0 Å². The summed E-state index contributed by atoms with van der Waals surface area (Å²) < 4.78 is 44.4. The van der Waals surface area contributed by atoms with Crippen LogP contribution in [0.2, 0.25) is 0 Å². The Morgan fingerprint density at radius 1 is 1.00 bits per heavy atom. The number of nitrogens with zero attached hydrogens (tertiary/aromatic N) is 1. The Morgan fingerprint density at radius 2 is 1.68 bits per heavy atom. The molecule has 156 valence electrons. The Balaban J connectivity index is 1.73. The van der Waals surface area contributed by atoms with E-state index in [2.05, 4.69) is 0 Å². The summed E-state index contributed by atoms with van der Waals surface area (Å²) in [6, 6.07) is 19.6. The van der Waals surface area contributed by atoms with Crippen molar-refractivity contribution in [2.75, 3.05) is 0 Å². The van der Waals surface area contributed by atoms with Crippen molar-refractivity contribution in [1.82, 2.24) is 0 Å². The van der Waals surface area contributed by atoms with Crippen molar-refractivity contribution in [2.24, 2.45) is 0 Å². The molecule has 0 atom stereocenters. The topological polar surface area (TPSA) is 70.3 Å². The van der Waals surface area contributed by atoms with E-state index < -0.39 is 17.7 Å². The van der Waals surface area contributed by atoms with Crippen molar-refractivity contribution in [3.63, 3.8) is 0 Å². The number of nitriles is 1. The van der Waals surface area contributed by atoms with Crippen LogP contribution in [0.1, 0.15) is 32.6 Å². The number of carboxylic acid groups (broad SMARTS) is 1. The number of carbonyl (C=O) groups is 1. The molecule has 0 radical (unpaired) electrons. The van der Waals surface area contributed by atoms with E-state index >= 15 is 0 Å². The minimum absolute atomic E-state index is 0.102. The van der Waals surface area contributed by atoms with E-state index in [4.69, 9.17) is 9.84 Å². The number of alkyl halides is 3. The number of carboxylic acids is 1. The molecular formula is C24H16F3NO3. The Labute approximate surface area is 176 Å². The van der Waals surface area contributed by atoms with E-state index in [1.165, 1.54) is 30.3 Å². The molecule has 7 heteroatoms. The van der Waals surface area contributed by atoms with Gasteiger partial charge in [0.2, 0.25) is 0 Å². The maximum Gasteiger partial charge on any atom is 0.416 e. The first-order valence-corrected chi connectivity index (χ1v) is 9.11. The molecule has 0 aliphatic carbocycles. The second-order valence-electron chi connectivity index (χ2n) is 6.61. The van der Waals surface area contributed by atoms with Crippen LogP contribution < -0.4 is 4.74 Å². The molecule has 4 nitrogen and oxygen atoms in total. The van der Waals surface area contributed by atoms with Crippen LogP contribution in [0.3, 0.4) is 0 Å². The SMILES string of the molecule is N#C/C(=C/c1ccc(OCc2cccc(C(=O)O)c2)cc1)c1cccc(C(F)(F)F)c1. The molecular weight excluding hydrogens is 407 g/mol. The summed E-state index contributed by atoms with van der Waals surface area (Å²) in [6.07, 6.45) is -2.99.